The molecule has 0 fully saturated rings. The van der Waals surface area contributed by atoms with Crippen molar-refractivity contribution in [1.29, 1.82) is 0 Å². The van der Waals surface area contributed by atoms with Gasteiger partial charge >= 0.3 is 5.97 Å². The molecule has 0 radical (unpaired) electrons. The molecule has 1 unspecified atom stereocenters. The van der Waals surface area contributed by atoms with E-state index in [4.69, 9.17) is 4.74 Å². The number of carbonyl (C=O) groups is 2. The van der Waals surface area contributed by atoms with E-state index in [0.717, 1.165) is 17.5 Å². The molecule has 2 rings (SSSR count). The maximum Gasteiger partial charge on any atom is 0.310 e. The summed E-state index contributed by atoms with van der Waals surface area (Å²) < 4.78 is 4.87. The molecule has 1 atom stereocenters. The van der Waals surface area contributed by atoms with Gasteiger partial charge in [0.15, 0.2) is 0 Å². The highest BCUT2D eigenvalue weighted by molar-refractivity contribution is 5.87. The van der Waals surface area contributed by atoms with Crippen molar-refractivity contribution in [3.05, 3.63) is 71.8 Å². The van der Waals surface area contributed by atoms with Crippen molar-refractivity contribution in [3.8, 4) is 0 Å². The first-order valence-corrected chi connectivity index (χ1v) is 9.90. The molecular formula is C24H31NO3. The lowest BCUT2D eigenvalue weighted by Gasteiger charge is -2.30. The fourth-order valence-electron chi connectivity index (χ4n) is 3.26. The van der Waals surface area contributed by atoms with Crippen LogP contribution in [0.15, 0.2) is 60.7 Å². The van der Waals surface area contributed by atoms with Crippen LogP contribution in [-0.2, 0) is 14.3 Å². The predicted octanol–water partition coefficient (Wildman–Crippen LogP) is 4.50. The molecule has 2 aromatic carbocycles. The van der Waals surface area contributed by atoms with Gasteiger partial charge in [0.2, 0.25) is 5.91 Å². The largest absolute Gasteiger partial charge is 0.469 e. The molecule has 0 aromatic heterocycles. The number of methoxy groups -OCH3 is 1. The Kier molecular flexibility index (Phi) is 8.24. The Morgan fingerprint density at radius 3 is 1.82 bits per heavy atom. The minimum atomic E-state index is -0.389. The monoisotopic (exact) mass is 381 g/mol. The lowest BCUT2D eigenvalue weighted by Crippen LogP contribution is -2.41. The van der Waals surface area contributed by atoms with Crippen LogP contribution >= 0.6 is 0 Å². The van der Waals surface area contributed by atoms with Crippen LogP contribution in [0.4, 0.5) is 0 Å². The number of amides is 1. The van der Waals surface area contributed by atoms with Crippen LogP contribution in [0.1, 0.15) is 44.2 Å². The number of rotatable bonds is 9. The zero-order chi connectivity index (χ0) is 20.5. The van der Waals surface area contributed by atoms with Crippen LogP contribution in [-0.4, -0.2) is 37.0 Å². The molecule has 0 bridgehead atoms. The quantitative estimate of drug-likeness (QED) is 0.601. The molecule has 0 spiro atoms. The van der Waals surface area contributed by atoms with Gasteiger partial charge in [-0.1, -0.05) is 81.4 Å². The van der Waals surface area contributed by atoms with Crippen molar-refractivity contribution < 1.29 is 14.3 Å². The third kappa shape index (κ3) is 5.95. The number of hydrogen-bond donors (Lipinski definition) is 0. The Hall–Kier alpha value is -2.62. The van der Waals surface area contributed by atoms with Crippen molar-refractivity contribution >= 4 is 11.9 Å². The predicted molar refractivity (Wildman–Crippen MR) is 112 cm³/mol. The van der Waals surface area contributed by atoms with Gasteiger partial charge in [-0.15, -0.1) is 0 Å². The fourth-order valence-corrected chi connectivity index (χ4v) is 3.26. The van der Waals surface area contributed by atoms with Crippen LogP contribution in [0.2, 0.25) is 0 Å². The van der Waals surface area contributed by atoms with Crippen LogP contribution < -0.4 is 0 Å². The molecule has 0 N–H and O–H groups in total. The van der Waals surface area contributed by atoms with Crippen LogP contribution in [0, 0.1) is 11.8 Å². The minimum Gasteiger partial charge on any atom is -0.469 e. The van der Waals surface area contributed by atoms with E-state index in [9.17, 15) is 9.59 Å². The van der Waals surface area contributed by atoms with Gasteiger partial charge in [0.1, 0.15) is 0 Å². The van der Waals surface area contributed by atoms with Gasteiger partial charge in [0.05, 0.1) is 18.9 Å². The lowest BCUT2D eigenvalue weighted by molar-refractivity contribution is -0.146. The van der Waals surface area contributed by atoms with E-state index in [1.165, 1.54) is 7.11 Å². The van der Waals surface area contributed by atoms with E-state index in [2.05, 4.69) is 13.8 Å². The number of ether oxygens (including phenoxy) is 1. The van der Waals surface area contributed by atoms with Gasteiger partial charge in [-0.3, -0.25) is 9.59 Å². The highest BCUT2D eigenvalue weighted by Crippen LogP contribution is 2.27. The standard InChI is InChI=1S/C24H31NO3/c1-18(2)15-16-25(17-19(3)24(27)28-4)23(26)22(20-11-7-5-8-12-20)21-13-9-6-10-14-21/h5-14,18-19,22H,15-17H2,1-4H3. The van der Waals surface area contributed by atoms with Crippen LogP contribution in [0.3, 0.4) is 0 Å². The van der Waals surface area contributed by atoms with E-state index in [-0.39, 0.29) is 23.7 Å². The Balaban J connectivity index is 2.36. The van der Waals surface area contributed by atoms with Gasteiger partial charge in [-0.2, -0.15) is 0 Å². The van der Waals surface area contributed by atoms with Gasteiger partial charge in [0.25, 0.3) is 0 Å². The summed E-state index contributed by atoms with van der Waals surface area (Å²) in [7, 11) is 1.38. The average Bonchev–Trinajstić information content (AvgIpc) is 2.71. The summed E-state index contributed by atoms with van der Waals surface area (Å²) in [5.74, 6) is -0.560. The van der Waals surface area contributed by atoms with Crippen LogP contribution in [0.5, 0.6) is 0 Å². The molecule has 4 heteroatoms. The molecule has 0 saturated carbocycles. The van der Waals surface area contributed by atoms with Gasteiger partial charge in [-0.25, -0.2) is 0 Å². The van der Waals surface area contributed by atoms with E-state index < -0.39 is 0 Å². The van der Waals surface area contributed by atoms with Crippen molar-refractivity contribution in [1.82, 2.24) is 4.90 Å². The molecule has 0 aliphatic rings. The summed E-state index contributed by atoms with van der Waals surface area (Å²) in [6.45, 7) is 7.06. The summed E-state index contributed by atoms with van der Waals surface area (Å²) in [6.07, 6.45) is 0.885. The van der Waals surface area contributed by atoms with Crippen LogP contribution in [0.25, 0.3) is 0 Å². The van der Waals surface area contributed by atoms with Crippen molar-refractivity contribution in [2.75, 3.05) is 20.2 Å². The summed E-state index contributed by atoms with van der Waals surface area (Å²) >= 11 is 0. The molecule has 1 amide bonds. The molecule has 0 aliphatic carbocycles. The molecule has 0 aliphatic heterocycles. The fraction of sp³-hybridized carbons (Fsp3) is 0.417. The maximum absolute atomic E-state index is 13.7. The van der Waals surface area contributed by atoms with Crippen molar-refractivity contribution in [3.63, 3.8) is 0 Å². The molecule has 28 heavy (non-hydrogen) atoms. The summed E-state index contributed by atoms with van der Waals surface area (Å²) in [5, 5.41) is 0. The normalized spacial score (nSPS) is 12.1. The zero-order valence-corrected chi connectivity index (χ0v) is 17.3. The summed E-state index contributed by atoms with van der Waals surface area (Å²) in [5.41, 5.74) is 1.91. The highest BCUT2D eigenvalue weighted by atomic mass is 16.5. The Morgan fingerprint density at radius 2 is 1.39 bits per heavy atom. The summed E-state index contributed by atoms with van der Waals surface area (Å²) in [6, 6.07) is 19.7. The second kappa shape index (κ2) is 10.6. The maximum atomic E-state index is 13.7. The number of benzene rings is 2. The number of carbonyl (C=O) groups excluding carboxylic acids is 2. The zero-order valence-electron chi connectivity index (χ0n) is 17.3. The topological polar surface area (TPSA) is 46.6 Å². The Bertz CT molecular complexity index is 703. The SMILES string of the molecule is COC(=O)C(C)CN(CCC(C)C)C(=O)C(c1ccccc1)c1ccccc1. The number of esters is 1. The molecular weight excluding hydrogens is 350 g/mol. The van der Waals surface area contributed by atoms with E-state index in [1.54, 1.807) is 0 Å². The average molecular weight is 382 g/mol. The minimum absolute atomic E-state index is 0.0220. The van der Waals surface area contributed by atoms with Crippen molar-refractivity contribution in [2.45, 2.75) is 33.1 Å². The molecule has 150 valence electrons. The first-order chi connectivity index (χ1) is 13.4. The smallest absolute Gasteiger partial charge is 0.310 e. The lowest BCUT2D eigenvalue weighted by atomic mass is 9.89. The van der Waals surface area contributed by atoms with E-state index in [0.29, 0.717) is 19.0 Å². The molecule has 2 aromatic rings. The molecule has 0 heterocycles. The van der Waals surface area contributed by atoms with Gasteiger partial charge in [0, 0.05) is 13.1 Å². The third-order valence-corrected chi connectivity index (χ3v) is 4.90. The van der Waals surface area contributed by atoms with Gasteiger partial charge in [-0.05, 0) is 23.5 Å². The first-order valence-electron chi connectivity index (χ1n) is 9.90. The molecule has 4 nitrogen and oxygen atoms in total. The Morgan fingerprint density at radius 1 is 0.893 bits per heavy atom. The summed E-state index contributed by atoms with van der Waals surface area (Å²) in [4.78, 5) is 27.5. The molecule has 0 saturated heterocycles. The first kappa shape index (κ1) is 21.7. The van der Waals surface area contributed by atoms with Gasteiger partial charge < -0.3 is 9.64 Å². The number of nitrogens with zero attached hydrogens (tertiary/aromatic N) is 1. The van der Waals surface area contributed by atoms with E-state index in [1.807, 2.05) is 72.5 Å². The Labute approximate surface area is 168 Å². The van der Waals surface area contributed by atoms with E-state index >= 15 is 0 Å². The second-order valence-corrected chi connectivity index (χ2v) is 7.65. The third-order valence-electron chi connectivity index (χ3n) is 4.90. The van der Waals surface area contributed by atoms with Crippen molar-refractivity contribution in [2.24, 2.45) is 11.8 Å². The highest BCUT2D eigenvalue weighted by Gasteiger charge is 2.29. The second-order valence-electron chi connectivity index (χ2n) is 7.65. The number of hydrogen-bond acceptors (Lipinski definition) is 3.